The quantitative estimate of drug-likeness (QED) is 0.552. The van der Waals surface area contributed by atoms with Gasteiger partial charge in [-0.3, -0.25) is 9.97 Å². The van der Waals surface area contributed by atoms with E-state index in [-0.39, 0.29) is 0 Å². The van der Waals surface area contributed by atoms with E-state index < -0.39 is 0 Å². The lowest BCUT2D eigenvalue weighted by Gasteiger charge is -2.06. The number of benzene rings is 1. The molecule has 0 N–H and O–H groups in total. The molecule has 0 bridgehead atoms. The summed E-state index contributed by atoms with van der Waals surface area (Å²) in [6, 6.07) is 14.9. The molecule has 4 aromatic rings. The molecule has 0 atom stereocenters. The second-order valence-electron chi connectivity index (χ2n) is 5.34. The van der Waals surface area contributed by atoms with E-state index in [1.165, 1.54) is 0 Å². The minimum absolute atomic E-state index is 0.362. The molecule has 6 nitrogen and oxygen atoms in total. The zero-order valence-corrected chi connectivity index (χ0v) is 13.5. The zero-order valence-electron chi connectivity index (χ0n) is 13.5. The van der Waals surface area contributed by atoms with Crippen LogP contribution in [0.2, 0.25) is 0 Å². The van der Waals surface area contributed by atoms with E-state index in [4.69, 9.17) is 13.9 Å². The number of ether oxygens (including phenoxy) is 2. The van der Waals surface area contributed by atoms with Crippen LogP contribution in [-0.4, -0.2) is 22.1 Å². The number of nitrogens with zero attached hydrogens (tertiary/aromatic N) is 3. The Hall–Kier alpha value is -3.41. The molecule has 0 aliphatic rings. The zero-order chi connectivity index (χ0) is 17.1. The summed E-state index contributed by atoms with van der Waals surface area (Å²) in [6.07, 6.45) is 3.37. The maximum Gasteiger partial charge on any atom is 0.246 e. The minimum atomic E-state index is 0.362. The van der Waals surface area contributed by atoms with Gasteiger partial charge < -0.3 is 13.9 Å². The van der Waals surface area contributed by atoms with Gasteiger partial charge in [0.1, 0.15) is 29.3 Å². The Kier molecular flexibility index (Phi) is 4.00. The van der Waals surface area contributed by atoms with Gasteiger partial charge in [0.05, 0.1) is 19.0 Å². The van der Waals surface area contributed by atoms with Crippen molar-refractivity contribution in [2.75, 3.05) is 7.11 Å². The van der Waals surface area contributed by atoms with E-state index in [0.29, 0.717) is 29.5 Å². The first-order chi connectivity index (χ1) is 12.3. The average molecular weight is 333 g/mol. The van der Waals surface area contributed by atoms with Crippen molar-refractivity contribution in [3.05, 3.63) is 66.6 Å². The van der Waals surface area contributed by atoms with Crippen LogP contribution < -0.4 is 9.47 Å². The highest BCUT2D eigenvalue weighted by Gasteiger charge is 2.10. The van der Waals surface area contributed by atoms with Crippen LogP contribution in [0.4, 0.5) is 0 Å². The maximum absolute atomic E-state index is 5.79. The van der Waals surface area contributed by atoms with E-state index in [1.54, 1.807) is 19.5 Å². The summed E-state index contributed by atoms with van der Waals surface area (Å²) in [7, 11) is 1.61. The lowest BCUT2D eigenvalue weighted by atomic mass is 10.3. The molecule has 25 heavy (non-hydrogen) atoms. The van der Waals surface area contributed by atoms with Crippen molar-refractivity contribution in [1.29, 1.82) is 0 Å². The first kappa shape index (κ1) is 15.1. The standard InChI is InChI=1S/C19H15N3O3/c1-23-15-6-5-13(21-11-15)12-24-14-7-8-18-17(10-14)22-19(25-18)16-4-2-3-9-20-16/h2-11H,12H2,1H3. The normalized spacial score (nSPS) is 10.8. The Morgan fingerprint density at radius 1 is 1.00 bits per heavy atom. The summed E-state index contributed by atoms with van der Waals surface area (Å²) < 4.78 is 16.6. The second-order valence-corrected chi connectivity index (χ2v) is 5.34. The van der Waals surface area contributed by atoms with Crippen LogP contribution in [0, 0.1) is 0 Å². The second kappa shape index (κ2) is 6.60. The first-order valence-corrected chi connectivity index (χ1v) is 7.75. The molecule has 0 saturated heterocycles. The predicted molar refractivity (Wildman–Crippen MR) is 92.4 cm³/mol. The van der Waals surface area contributed by atoms with Crippen LogP contribution >= 0.6 is 0 Å². The van der Waals surface area contributed by atoms with Crippen LogP contribution in [-0.2, 0) is 6.61 Å². The fourth-order valence-corrected chi connectivity index (χ4v) is 2.37. The summed E-state index contributed by atoms with van der Waals surface area (Å²) in [5, 5.41) is 0. The lowest BCUT2D eigenvalue weighted by Crippen LogP contribution is -1.98. The molecule has 6 heteroatoms. The fraction of sp³-hybridized carbons (Fsp3) is 0.105. The van der Waals surface area contributed by atoms with Gasteiger partial charge >= 0.3 is 0 Å². The highest BCUT2D eigenvalue weighted by Crippen LogP contribution is 2.26. The monoisotopic (exact) mass is 333 g/mol. The van der Waals surface area contributed by atoms with Gasteiger partial charge in [0.2, 0.25) is 5.89 Å². The molecule has 0 saturated carbocycles. The Morgan fingerprint density at radius 2 is 1.92 bits per heavy atom. The first-order valence-electron chi connectivity index (χ1n) is 7.75. The van der Waals surface area contributed by atoms with Gasteiger partial charge in [-0.25, -0.2) is 4.98 Å². The van der Waals surface area contributed by atoms with Crippen molar-refractivity contribution >= 4 is 11.1 Å². The summed E-state index contributed by atoms with van der Waals surface area (Å²) in [5.74, 6) is 1.91. The molecule has 4 rings (SSSR count). The average Bonchev–Trinajstić information content (AvgIpc) is 3.11. The van der Waals surface area contributed by atoms with E-state index in [1.807, 2.05) is 48.5 Å². The highest BCUT2D eigenvalue weighted by molar-refractivity contribution is 5.77. The number of hydrogen-bond donors (Lipinski definition) is 0. The molecule has 0 aliphatic heterocycles. The third kappa shape index (κ3) is 3.28. The van der Waals surface area contributed by atoms with Crippen molar-refractivity contribution in [3.8, 4) is 23.1 Å². The Labute approximate surface area is 144 Å². The van der Waals surface area contributed by atoms with Gasteiger partial charge in [0.25, 0.3) is 0 Å². The van der Waals surface area contributed by atoms with Crippen molar-refractivity contribution in [1.82, 2.24) is 15.0 Å². The van der Waals surface area contributed by atoms with Crippen molar-refractivity contribution < 1.29 is 13.9 Å². The largest absolute Gasteiger partial charge is 0.495 e. The Balaban J connectivity index is 1.52. The molecule has 3 aromatic heterocycles. The van der Waals surface area contributed by atoms with E-state index in [2.05, 4.69) is 15.0 Å². The number of hydrogen-bond acceptors (Lipinski definition) is 6. The molecule has 0 aliphatic carbocycles. The van der Waals surface area contributed by atoms with Crippen LogP contribution in [0.5, 0.6) is 11.5 Å². The third-order valence-electron chi connectivity index (χ3n) is 3.66. The fourth-order valence-electron chi connectivity index (χ4n) is 2.37. The Bertz CT molecular complexity index is 982. The molecule has 0 unspecified atom stereocenters. The number of fused-ring (bicyclic) bond motifs is 1. The molecule has 1 aromatic carbocycles. The van der Waals surface area contributed by atoms with Gasteiger partial charge in [0, 0.05) is 12.3 Å². The smallest absolute Gasteiger partial charge is 0.246 e. The van der Waals surface area contributed by atoms with Crippen LogP contribution in [0.3, 0.4) is 0 Å². The predicted octanol–water partition coefficient (Wildman–Crippen LogP) is 3.87. The molecule has 0 fully saturated rings. The van der Waals surface area contributed by atoms with E-state index in [9.17, 15) is 0 Å². The van der Waals surface area contributed by atoms with Crippen molar-refractivity contribution in [3.63, 3.8) is 0 Å². The van der Waals surface area contributed by atoms with Crippen molar-refractivity contribution in [2.24, 2.45) is 0 Å². The number of aromatic nitrogens is 3. The Morgan fingerprint density at radius 3 is 2.68 bits per heavy atom. The molecule has 0 spiro atoms. The molecule has 0 radical (unpaired) electrons. The third-order valence-corrected chi connectivity index (χ3v) is 3.66. The maximum atomic E-state index is 5.79. The van der Waals surface area contributed by atoms with Gasteiger partial charge in [-0.2, -0.15) is 0 Å². The summed E-state index contributed by atoms with van der Waals surface area (Å²) in [4.78, 5) is 13.0. The van der Waals surface area contributed by atoms with Crippen LogP contribution in [0.15, 0.2) is 65.3 Å². The molecular weight excluding hydrogens is 318 g/mol. The SMILES string of the molecule is COc1ccc(COc2ccc3oc(-c4ccccn4)nc3c2)nc1. The highest BCUT2D eigenvalue weighted by atomic mass is 16.5. The lowest BCUT2D eigenvalue weighted by molar-refractivity contribution is 0.301. The molecule has 3 heterocycles. The van der Waals surface area contributed by atoms with E-state index >= 15 is 0 Å². The molecule has 0 amide bonds. The summed E-state index contributed by atoms with van der Waals surface area (Å²) in [6.45, 7) is 0.362. The van der Waals surface area contributed by atoms with Crippen LogP contribution in [0.25, 0.3) is 22.7 Å². The summed E-state index contributed by atoms with van der Waals surface area (Å²) in [5.41, 5.74) is 2.93. The van der Waals surface area contributed by atoms with Gasteiger partial charge in [-0.05, 0) is 36.4 Å². The van der Waals surface area contributed by atoms with E-state index in [0.717, 1.165) is 17.0 Å². The summed E-state index contributed by atoms with van der Waals surface area (Å²) >= 11 is 0. The molecule has 124 valence electrons. The molecular formula is C19H15N3O3. The number of oxazole rings is 1. The van der Waals surface area contributed by atoms with Gasteiger partial charge in [-0.15, -0.1) is 0 Å². The topological polar surface area (TPSA) is 70.3 Å². The van der Waals surface area contributed by atoms with Gasteiger partial charge in [-0.1, -0.05) is 6.07 Å². The number of pyridine rings is 2. The van der Waals surface area contributed by atoms with Crippen molar-refractivity contribution in [2.45, 2.75) is 6.61 Å². The minimum Gasteiger partial charge on any atom is -0.495 e. The van der Waals surface area contributed by atoms with Gasteiger partial charge in [0.15, 0.2) is 5.58 Å². The number of rotatable bonds is 5. The number of methoxy groups -OCH3 is 1. The van der Waals surface area contributed by atoms with Crippen LogP contribution in [0.1, 0.15) is 5.69 Å².